The van der Waals surface area contributed by atoms with Crippen LogP contribution in [0.4, 0.5) is 5.69 Å². The molecule has 5 heteroatoms. The molecule has 2 aromatic carbocycles. The van der Waals surface area contributed by atoms with E-state index in [2.05, 4.69) is 52.1 Å². The lowest BCUT2D eigenvalue weighted by Gasteiger charge is -2.13. The molecule has 3 N–H and O–H groups in total. The normalized spacial score (nSPS) is 11.1. The molecule has 0 saturated heterocycles. The molecule has 0 aliphatic carbocycles. The van der Waals surface area contributed by atoms with Crippen LogP contribution in [0.3, 0.4) is 0 Å². The van der Waals surface area contributed by atoms with Gasteiger partial charge in [-0.25, -0.2) is 4.99 Å². The van der Waals surface area contributed by atoms with Crippen LogP contribution in [0.25, 0.3) is 0 Å². The van der Waals surface area contributed by atoms with Gasteiger partial charge in [-0.15, -0.1) is 0 Å². The molecule has 0 radical (unpaired) electrons. The van der Waals surface area contributed by atoms with E-state index in [9.17, 15) is 4.79 Å². The summed E-state index contributed by atoms with van der Waals surface area (Å²) in [5.41, 5.74) is 3.33. The number of nitrogens with one attached hydrogen (secondary N) is 3. The predicted octanol–water partition coefficient (Wildman–Crippen LogP) is 3.47. The second-order valence-corrected chi connectivity index (χ2v) is 6.17. The van der Waals surface area contributed by atoms with Gasteiger partial charge in [0.05, 0.1) is 6.54 Å². The molecule has 0 unspecified atom stereocenters. The van der Waals surface area contributed by atoms with Crippen LogP contribution in [0.15, 0.2) is 59.6 Å². The highest BCUT2D eigenvalue weighted by molar-refractivity contribution is 5.93. The molecule has 0 aliphatic rings. The Morgan fingerprint density at radius 1 is 0.962 bits per heavy atom. The molecule has 0 fully saturated rings. The molecule has 26 heavy (non-hydrogen) atoms. The summed E-state index contributed by atoms with van der Waals surface area (Å²) in [4.78, 5) is 16.4. The Bertz CT molecular complexity index is 696. The molecule has 1 amide bonds. The van der Waals surface area contributed by atoms with Gasteiger partial charge in [-0.05, 0) is 31.0 Å². The van der Waals surface area contributed by atoms with Gasteiger partial charge in [0.2, 0.25) is 5.91 Å². The number of guanidine groups is 1. The molecule has 0 heterocycles. The number of carbonyl (C=O) groups excluding carboxylic acids is 1. The summed E-state index contributed by atoms with van der Waals surface area (Å²) in [5, 5.41) is 9.40. The minimum absolute atomic E-state index is 0.0527. The minimum atomic E-state index is 0.0527. The molecule has 0 aromatic heterocycles. The smallest absolute Gasteiger partial charge is 0.221 e. The summed E-state index contributed by atoms with van der Waals surface area (Å²) < 4.78 is 0. The number of hydrogen-bond donors (Lipinski definition) is 3. The first-order chi connectivity index (χ1) is 12.7. The van der Waals surface area contributed by atoms with E-state index in [-0.39, 0.29) is 5.91 Å². The maximum atomic E-state index is 11.7. The number of hydrogen-bond acceptors (Lipinski definition) is 2. The van der Waals surface area contributed by atoms with Crippen molar-refractivity contribution in [2.45, 2.75) is 33.2 Å². The molecule has 2 aromatic rings. The molecular weight excluding hydrogens is 324 g/mol. The van der Waals surface area contributed by atoms with Gasteiger partial charge in [0.15, 0.2) is 5.96 Å². The molecule has 0 spiro atoms. The number of aliphatic imine (C=N–C) groups is 1. The number of carbonyl (C=O) groups is 1. The zero-order valence-corrected chi connectivity index (χ0v) is 15.6. The van der Waals surface area contributed by atoms with Crippen LogP contribution in [-0.4, -0.2) is 25.0 Å². The quantitative estimate of drug-likeness (QED) is 0.503. The van der Waals surface area contributed by atoms with Crippen LogP contribution < -0.4 is 16.0 Å². The lowest BCUT2D eigenvalue weighted by molar-refractivity contribution is -0.120. The first-order valence-corrected chi connectivity index (χ1v) is 9.10. The highest BCUT2D eigenvalue weighted by Gasteiger charge is 2.03. The summed E-state index contributed by atoms with van der Waals surface area (Å²) in [6, 6.07) is 18.2. The van der Waals surface area contributed by atoms with E-state index in [0.29, 0.717) is 25.5 Å². The fourth-order valence-electron chi connectivity index (χ4n) is 2.31. The van der Waals surface area contributed by atoms with Crippen LogP contribution >= 0.6 is 0 Å². The summed E-state index contributed by atoms with van der Waals surface area (Å²) in [7, 11) is 0. The monoisotopic (exact) mass is 352 g/mol. The summed E-state index contributed by atoms with van der Waals surface area (Å²) in [6.45, 7) is 5.93. The van der Waals surface area contributed by atoms with Gasteiger partial charge >= 0.3 is 0 Å². The summed E-state index contributed by atoms with van der Waals surface area (Å²) in [6.07, 6.45) is 1.36. The summed E-state index contributed by atoms with van der Waals surface area (Å²) >= 11 is 0. The van der Waals surface area contributed by atoms with Gasteiger partial charge in [-0.1, -0.05) is 55.0 Å². The zero-order chi connectivity index (χ0) is 18.6. The number of nitrogens with zero attached hydrogens (tertiary/aromatic N) is 1. The Morgan fingerprint density at radius 2 is 1.69 bits per heavy atom. The van der Waals surface area contributed by atoms with E-state index in [4.69, 9.17) is 0 Å². The van der Waals surface area contributed by atoms with Gasteiger partial charge in [-0.2, -0.15) is 0 Å². The van der Waals surface area contributed by atoms with Gasteiger partial charge in [0, 0.05) is 25.2 Å². The minimum Gasteiger partial charge on any atom is -0.356 e. The van der Waals surface area contributed by atoms with E-state index in [1.165, 1.54) is 5.56 Å². The molecule has 0 atom stereocenters. The van der Waals surface area contributed by atoms with Crippen LogP contribution in [0, 0.1) is 6.92 Å². The maximum absolute atomic E-state index is 11.7. The number of aryl methyl sites for hydroxylation is 1. The zero-order valence-electron chi connectivity index (χ0n) is 15.6. The predicted molar refractivity (Wildman–Crippen MR) is 108 cm³/mol. The topological polar surface area (TPSA) is 65.5 Å². The van der Waals surface area contributed by atoms with Crippen molar-refractivity contribution in [1.82, 2.24) is 10.6 Å². The van der Waals surface area contributed by atoms with Gasteiger partial charge in [-0.3, -0.25) is 4.79 Å². The largest absolute Gasteiger partial charge is 0.356 e. The van der Waals surface area contributed by atoms with Crippen LogP contribution in [0.5, 0.6) is 0 Å². The van der Waals surface area contributed by atoms with Gasteiger partial charge in [0.25, 0.3) is 0 Å². The average Bonchev–Trinajstić information content (AvgIpc) is 2.66. The van der Waals surface area contributed by atoms with Crippen molar-refractivity contribution in [3.63, 3.8) is 0 Å². The molecular formula is C21H28N4O. The van der Waals surface area contributed by atoms with Crippen LogP contribution in [0.1, 0.15) is 30.9 Å². The molecule has 0 bridgehead atoms. The van der Waals surface area contributed by atoms with Crippen molar-refractivity contribution in [3.8, 4) is 0 Å². The Labute approximate surface area is 155 Å². The molecule has 5 nitrogen and oxygen atoms in total. The lowest BCUT2D eigenvalue weighted by Crippen LogP contribution is -2.35. The highest BCUT2D eigenvalue weighted by atomic mass is 16.1. The number of benzene rings is 2. The first kappa shape index (κ1) is 19.5. The van der Waals surface area contributed by atoms with Crippen molar-refractivity contribution in [1.29, 1.82) is 0 Å². The van der Waals surface area contributed by atoms with Crippen LogP contribution in [-0.2, 0) is 11.3 Å². The standard InChI is InChI=1S/C21H28N4O/c1-3-14-22-20(26)13-15-23-21(25-19-7-5-4-6-8-19)24-16-18-11-9-17(2)10-12-18/h4-12H,3,13-16H2,1-2H3,(H,22,26)(H2,23,24,25). The van der Waals surface area contributed by atoms with Crippen molar-refractivity contribution >= 4 is 17.6 Å². The Hall–Kier alpha value is -2.82. The number of anilines is 1. The van der Waals surface area contributed by atoms with E-state index in [1.807, 2.05) is 37.3 Å². The van der Waals surface area contributed by atoms with E-state index >= 15 is 0 Å². The number of amides is 1. The van der Waals surface area contributed by atoms with Crippen LogP contribution in [0.2, 0.25) is 0 Å². The van der Waals surface area contributed by atoms with Gasteiger partial charge in [0.1, 0.15) is 0 Å². The first-order valence-electron chi connectivity index (χ1n) is 9.10. The Morgan fingerprint density at radius 3 is 2.38 bits per heavy atom. The fourth-order valence-corrected chi connectivity index (χ4v) is 2.31. The average molecular weight is 352 g/mol. The third kappa shape index (κ3) is 7.38. The van der Waals surface area contributed by atoms with E-state index in [1.54, 1.807) is 0 Å². The molecule has 138 valence electrons. The van der Waals surface area contributed by atoms with Crippen molar-refractivity contribution < 1.29 is 4.79 Å². The third-order valence-corrected chi connectivity index (χ3v) is 3.79. The maximum Gasteiger partial charge on any atom is 0.221 e. The van der Waals surface area contributed by atoms with Gasteiger partial charge < -0.3 is 16.0 Å². The lowest BCUT2D eigenvalue weighted by atomic mass is 10.1. The molecule has 2 rings (SSSR count). The second kappa shape index (κ2) is 10.9. The Kier molecular flexibility index (Phi) is 8.19. The van der Waals surface area contributed by atoms with Crippen molar-refractivity contribution in [2.75, 3.05) is 18.4 Å². The number of para-hydroxylation sites is 1. The van der Waals surface area contributed by atoms with E-state index < -0.39 is 0 Å². The third-order valence-electron chi connectivity index (χ3n) is 3.79. The highest BCUT2D eigenvalue weighted by Crippen LogP contribution is 2.07. The molecule has 0 aliphatic heterocycles. The second-order valence-electron chi connectivity index (χ2n) is 6.17. The number of rotatable bonds is 8. The molecule has 0 saturated carbocycles. The fraction of sp³-hybridized carbons (Fsp3) is 0.333. The van der Waals surface area contributed by atoms with Crippen molar-refractivity contribution in [3.05, 3.63) is 65.7 Å². The Balaban J connectivity index is 1.95. The SMILES string of the molecule is CCCNC(=O)CCNC(=NCc1ccc(C)cc1)Nc1ccccc1. The summed E-state index contributed by atoms with van der Waals surface area (Å²) in [5.74, 6) is 0.719. The van der Waals surface area contributed by atoms with Crippen molar-refractivity contribution in [2.24, 2.45) is 4.99 Å². The van der Waals surface area contributed by atoms with E-state index in [0.717, 1.165) is 24.2 Å².